The molecule has 1 aromatic rings. The smallest absolute Gasteiger partial charge is 0.328 e. The lowest BCUT2D eigenvalue weighted by Crippen LogP contribution is -2.34. The number of hydrogen-bond acceptors (Lipinski definition) is 1. The van der Waals surface area contributed by atoms with Crippen molar-refractivity contribution in [1.82, 2.24) is 0 Å². The summed E-state index contributed by atoms with van der Waals surface area (Å²) in [5.74, 6) is -0.912. The topological polar surface area (TPSA) is 37.3 Å². The molecule has 0 saturated heterocycles. The molecule has 2 nitrogen and oxygen atoms in total. The van der Waals surface area contributed by atoms with E-state index < -0.39 is 5.97 Å². The first kappa shape index (κ1) is 21.2. The molecule has 1 aliphatic rings. The Balaban J connectivity index is 2.62. The molecule has 2 heteroatoms. The number of fused-ring (bicyclic) bond motifs is 1. The van der Waals surface area contributed by atoms with Crippen LogP contribution in [0, 0.1) is 6.92 Å². The van der Waals surface area contributed by atoms with E-state index in [1.54, 1.807) is 0 Å². The predicted molar refractivity (Wildman–Crippen MR) is 115 cm³/mol. The van der Waals surface area contributed by atoms with E-state index >= 15 is 0 Å². The molecule has 0 spiro atoms. The Morgan fingerprint density at radius 3 is 1.96 bits per heavy atom. The van der Waals surface area contributed by atoms with Gasteiger partial charge in [0.1, 0.15) is 0 Å². The van der Waals surface area contributed by atoms with E-state index in [1.807, 2.05) is 13.0 Å². The number of aryl methyl sites for hydroxylation is 1. The van der Waals surface area contributed by atoms with E-state index in [-0.39, 0.29) is 10.8 Å². The number of carboxylic acids is 1. The highest BCUT2D eigenvalue weighted by atomic mass is 16.4. The summed E-state index contributed by atoms with van der Waals surface area (Å²) in [5.41, 5.74) is 8.96. The third-order valence-electron chi connectivity index (χ3n) is 5.89. The zero-order valence-electron chi connectivity index (χ0n) is 18.2. The molecule has 27 heavy (non-hydrogen) atoms. The highest BCUT2D eigenvalue weighted by Gasteiger charge is 2.37. The van der Waals surface area contributed by atoms with Gasteiger partial charge < -0.3 is 5.11 Å². The molecule has 0 fully saturated rings. The van der Waals surface area contributed by atoms with Crippen LogP contribution in [0.2, 0.25) is 0 Å². The van der Waals surface area contributed by atoms with E-state index in [2.05, 4.69) is 66.7 Å². The SMILES string of the molecule is CC(C)=C(/C=C/C(C)=C/C(=O)O)c1cc2c(cc1C)C(C)(C)CCC2(C)C. The standard InChI is InChI=1S/C25H34O2/c1-16(2)19(10-9-17(3)13-23(26)27)20-15-22-21(14-18(20)4)24(5,6)11-12-25(22,7)8/h9-10,13-15H,11-12H2,1-8H3,(H,26,27)/b10-9+,17-13+. The summed E-state index contributed by atoms with van der Waals surface area (Å²) in [5, 5.41) is 8.94. The molecular formula is C25H34O2. The number of benzene rings is 1. The minimum Gasteiger partial charge on any atom is -0.478 e. The number of carbonyl (C=O) groups is 1. The molecule has 0 amide bonds. The second-order valence-corrected chi connectivity index (χ2v) is 9.45. The largest absolute Gasteiger partial charge is 0.478 e. The van der Waals surface area contributed by atoms with Crippen molar-refractivity contribution in [2.45, 2.75) is 79.1 Å². The number of carboxylic acid groups (broad SMARTS) is 1. The van der Waals surface area contributed by atoms with Crippen LogP contribution in [0.1, 0.15) is 83.6 Å². The summed E-state index contributed by atoms with van der Waals surface area (Å²) in [6.45, 7) is 17.6. The van der Waals surface area contributed by atoms with Crippen LogP contribution in [0.4, 0.5) is 0 Å². The molecule has 2 rings (SSSR count). The van der Waals surface area contributed by atoms with Crippen molar-refractivity contribution in [2.75, 3.05) is 0 Å². The molecule has 0 heterocycles. The third-order valence-corrected chi connectivity index (χ3v) is 5.89. The fraction of sp³-hybridized carbons (Fsp3) is 0.480. The number of allylic oxidation sites excluding steroid dienone is 5. The van der Waals surface area contributed by atoms with Crippen molar-refractivity contribution in [3.8, 4) is 0 Å². The van der Waals surface area contributed by atoms with Gasteiger partial charge in [-0.3, -0.25) is 0 Å². The number of rotatable bonds is 4. The maximum absolute atomic E-state index is 10.9. The van der Waals surface area contributed by atoms with Crippen molar-refractivity contribution in [1.29, 1.82) is 0 Å². The first-order valence-electron chi connectivity index (χ1n) is 9.78. The molecule has 0 saturated carbocycles. The molecule has 0 unspecified atom stereocenters. The van der Waals surface area contributed by atoms with Crippen LogP contribution in [0.25, 0.3) is 5.57 Å². The van der Waals surface area contributed by atoms with Crippen molar-refractivity contribution >= 4 is 11.5 Å². The van der Waals surface area contributed by atoms with Crippen LogP contribution in [0.15, 0.2) is 41.5 Å². The summed E-state index contributed by atoms with van der Waals surface area (Å²) in [4.78, 5) is 10.9. The van der Waals surface area contributed by atoms with Crippen LogP contribution < -0.4 is 0 Å². The van der Waals surface area contributed by atoms with Crippen molar-refractivity contribution in [3.63, 3.8) is 0 Å². The summed E-state index contributed by atoms with van der Waals surface area (Å²) < 4.78 is 0. The number of hydrogen-bond donors (Lipinski definition) is 1. The number of aliphatic carboxylic acids is 1. The minimum atomic E-state index is -0.912. The van der Waals surface area contributed by atoms with Crippen molar-refractivity contribution < 1.29 is 9.90 Å². The Kier molecular flexibility index (Phi) is 5.89. The van der Waals surface area contributed by atoms with Gasteiger partial charge in [-0.15, -0.1) is 0 Å². The van der Waals surface area contributed by atoms with Crippen LogP contribution in [0.5, 0.6) is 0 Å². The van der Waals surface area contributed by atoms with Crippen molar-refractivity contribution in [2.24, 2.45) is 0 Å². The van der Waals surface area contributed by atoms with Crippen LogP contribution in [-0.2, 0) is 15.6 Å². The Morgan fingerprint density at radius 1 is 0.963 bits per heavy atom. The van der Waals surface area contributed by atoms with E-state index in [4.69, 9.17) is 5.11 Å². The second kappa shape index (κ2) is 7.50. The molecular weight excluding hydrogens is 332 g/mol. The highest BCUT2D eigenvalue weighted by Crippen LogP contribution is 2.47. The lowest BCUT2D eigenvalue weighted by Gasteiger charge is -2.42. The molecule has 0 aliphatic heterocycles. The Hall–Kier alpha value is -2.09. The van der Waals surface area contributed by atoms with Crippen molar-refractivity contribution in [3.05, 3.63) is 63.8 Å². The first-order chi connectivity index (χ1) is 12.3. The Morgan fingerprint density at radius 2 is 1.48 bits per heavy atom. The zero-order chi connectivity index (χ0) is 20.6. The van der Waals surface area contributed by atoms with Gasteiger partial charge in [-0.2, -0.15) is 0 Å². The van der Waals surface area contributed by atoms with Gasteiger partial charge in [0.05, 0.1) is 0 Å². The van der Waals surface area contributed by atoms with Crippen LogP contribution in [0.3, 0.4) is 0 Å². The quantitative estimate of drug-likeness (QED) is 0.474. The van der Waals surface area contributed by atoms with E-state index in [9.17, 15) is 4.79 Å². The van der Waals surface area contributed by atoms with E-state index in [0.29, 0.717) is 0 Å². The minimum absolute atomic E-state index is 0.170. The van der Waals surface area contributed by atoms with Gasteiger partial charge in [-0.25, -0.2) is 4.79 Å². The fourth-order valence-electron chi connectivity index (χ4n) is 4.00. The third kappa shape index (κ3) is 4.61. The average Bonchev–Trinajstić information content (AvgIpc) is 2.52. The normalized spacial score (nSPS) is 18.3. The monoisotopic (exact) mass is 366 g/mol. The van der Waals surface area contributed by atoms with Gasteiger partial charge >= 0.3 is 5.97 Å². The fourth-order valence-corrected chi connectivity index (χ4v) is 4.00. The van der Waals surface area contributed by atoms with Crippen LogP contribution in [-0.4, -0.2) is 11.1 Å². The first-order valence-corrected chi connectivity index (χ1v) is 9.78. The van der Waals surface area contributed by atoms with Gasteiger partial charge in [0, 0.05) is 6.08 Å². The summed E-state index contributed by atoms with van der Waals surface area (Å²) >= 11 is 0. The molecule has 0 aromatic heterocycles. The molecule has 1 aromatic carbocycles. The summed E-state index contributed by atoms with van der Waals surface area (Å²) in [7, 11) is 0. The summed E-state index contributed by atoms with van der Waals surface area (Å²) in [6.07, 6.45) is 7.59. The maximum Gasteiger partial charge on any atom is 0.328 e. The average molecular weight is 367 g/mol. The van der Waals surface area contributed by atoms with Gasteiger partial charge in [-0.05, 0) is 84.8 Å². The molecule has 1 N–H and O–H groups in total. The Labute approximate surface area is 164 Å². The summed E-state index contributed by atoms with van der Waals surface area (Å²) in [6, 6.07) is 4.76. The van der Waals surface area contributed by atoms with Gasteiger partial charge in [0.2, 0.25) is 0 Å². The lowest BCUT2D eigenvalue weighted by molar-refractivity contribution is -0.131. The van der Waals surface area contributed by atoms with Gasteiger partial charge in [0.15, 0.2) is 0 Å². The molecule has 0 bridgehead atoms. The molecule has 1 aliphatic carbocycles. The van der Waals surface area contributed by atoms with E-state index in [0.717, 1.165) is 5.57 Å². The second-order valence-electron chi connectivity index (χ2n) is 9.45. The highest BCUT2D eigenvalue weighted by molar-refractivity contribution is 5.82. The van der Waals surface area contributed by atoms with Gasteiger partial charge in [0.25, 0.3) is 0 Å². The molecule has 146 valence electrons. The Bertz CT molecular complexity index is 841. The molecule has 0 radical (unpaired) electrons. The maximum atomic E-state index is 10.9. The van der Waals surface area contributed by atoms with Gasteiger partial charge in [-0.1, -0.05) is 57.6 Å². The predicted octanol–water partition coefficient (Wildman–Crippen LogP) is 6.72. The molecule has 0 atom stereocenters. The lowest BCUT2D eigenvalue weighted by atomic mass is 9.62. The van der Waals surface area contributed by atoms with E-state index in [1.165, 1.54) is 52.3 Å². The van der Waals surface area contributed by atoms with Crippen LogP contribution >= 0.6 is 0 Å². The zero-order valence-corrected chi connectivity index (χ0v) is 18.2.